The van der Waals surface area contributed by atoms with Gasteiger partial charge in [-0.05, 0) is 23.8 Å². The van der Waals surface area contributed by atoms with Gasteiger partial charge in [-0.25, -0.2) is 4.79 Å². The van der Waals surface area contributed by atoms with Gasteiger partial charge in [-0.2, -0.15) is 0 Å². The molecule has 72 valence electrons. The summed E-state index contributed by atoms with van der Waals surface area (Å²) in [6, 6.07) is 6.45. The van der Waals surface area contributed by atoms with Crippen molar-refractivity contribution in [1.29, 1.82) is 0 Å². The van der Waals surface area contributed by atoms with E-state index < -0.39 is 5.63 Å². The van der Waals surface area contributed by atoms with Crippen molar-refractivity contribution in [1.82, 2.24) is 0 Å². The highest BCUT2D eigenvalue weighted by Crippen LogP contribution is 2.22. The zero-order valence-electron chi connectivity index (χ0n) is 7.09. The molecule has 0 spiro atoms. The molecule has 0 atom stereocenters. The van der Waals surface area contributed by atoms with Gasteiger partial charge in [-0.15, -0.1) is 11.6 Å². The fraction of sp³-hybridized carbons (Fsp3) is 0.100. The first-order chi connectivity index (χ1) is 6.70. The van der Waals surface area contributed by atoms with Crippen molar-refractivity contribution in [3.05, 3.63) is 45.3 Å². The Hall–Kier alpha value is -0.990. The molecule has 1 aromatic heterocycles. The van der Waals surface area contributed by atoms with Crippen LogP contribution >= 0.6 is 23.2 Å². The van der Waals surface area contributed by atoms with Gasteiger partial charge in [-0.1, -0.05) is 11.6 Å². The van der Waals surface area contributed by atoms with E-state index in [1.54, 1.807) is 18.2 Å². The van der Waals surface area contributed by atoms with Gasteiger partial charge >= 0.3 is 5.63 Å². The molecular weight excluding hydrogens is 223 g/mol. The van der Waals surface area contributed by atoms with E-state index >= 15 is 0 Å². The highest BCUT2D eigenvalue weighted by Gasteiger charge is 2.04. The molecule has 14 heavy (non-hydrogen) atoms. The average Bonchev–Trinajstić information content (AvgIpc) is 2.17. The molecule has 0 saturated carbocycles. The van der Waals surface area contributed by atoms with Crippen molar-refractivity contribution < 1.29 is 4.42 Å². The van der Waals surface area contributed by atoms with Gasteiger partial charge in [0.15, 0.2) is 0 Å². The van der Waals surface area contributed by atoms with Gasteiger partial charge in [0, 0.05) is 22.4 Å². The van der Waals surface area contributed by atoms with E-state index in [1.807, 2.05) is 0 Å². The molecule has 0 radical (unpaired) electrons. The number of hydrogen-bond acceptors (Lipinski definition) is 2. The predicted molar refractivity (Wildman–Crippen MR) is 57.1 cm³/mol. The molecule has 2 nitrogen and oxygen atoms in total. The normalized spacial score (nSPS) is 10.7. The van der Waals surface area contributed by atoms with Crippen LogP contribution in [0, 0.1) is 0 Å². The van der Waals surface area contributed by atoms with E-state index in [9.17, 15) is 4.79 Å². The summed E-state index contributed by atoms with van der Waals surface area (Å²) in [4.78, 5) is 11.1. The first kappa shape index (κ1) is 9.56. The Morgan fingerprint density at radius 2 is 2.07 bits per heavy atom. The van der Waals surface area contributed by atoms with Crippen LogP contribution in [0.5, 0.6) is 0 Å². The molecule has 0 aliphatic rings. The second-order valence-electron chi connectivity index (χ2n) is 2.86. The smallest absolute Gasteiger partial charge is 0.336 e. The molecule has 0 unspecified atom stereocenters. The third kappa shape index (κ3) is 1.63. The monoisotopic (exact) mass is 228 g/mol. The fourth-order valence-electron chi connectivity index (χ4n) is 1.31. The minimum atomic E-state index is -0.393. The second-order valence-corrected chi connectivity index (χ2v) is 3.57. The topological polar surface area (TPSA) is 30.2 Å². The molecule has 1 aromatic carbocycles. The van der Waals surface area contributed by atoms with E-state index in [0.29, 0.717) is 10.6 Å². The second kappa shape index (κ2) is 3.64. The summed E-state index contributed by atoms with van der Waals surface area (Å²) in [6.45, 7) is 0. The van der Waals surface area contributed by atoms with Crippen LogP contribution in [-0.4, -0.2) is 0 Å². The first-order valence-electron chi connectivity index (χ1n) is 3.99. The van der Waals surface area contributed by atoms with Gasteiger partial charge in [0.1, 0.15) is 5.58 Å². The minimum absolute atomic E-state index is 0.266. The molecular formula is C10H6Cl2O2. The lowest BCUT2D eigenvalue weighted by Gasteiger charge is -2.01. The zero-order valence-corrected chi connectivity index (χ0v) is 8.60. The maximum atomic E-state index is 11.1. The molecule has 0 N–H and O–H groups in total. The molecule has 0 amide bonds. The summed E-state index contributed by atoms with van der Waals surface area (Å²) in [5.74, 6) is 0.266. The lowest BCUT2D eigenvalue weighted by molar-refractivity contribution is 0.559. The number of benzene rings is 1. The first-order valence-corrected chi connectivity index (χ1v) is 4.90. The Balaban J connectivity index is 2.88. The Labute approximate surface area is 90.1 Å². The Morgan fingerprint density at radius 3 is 2.79 bits per heavy atom. The zero-order chi connectivity index (χ0) is 10.1. The molecule has 0 saturated heterocycles. The van der Waals surface area contributed by atoms with Crippen LogP contribution in [0.3, 0.4) is 0 Å². The number of alkyl halides is 1. The van der Waals surface area contributed by atoms with Crippen LogP contribution in [-0.2, 0) is 5.88 Å². The number of hydrogen-bond donors (Lipinski definition) is 0. The highest BCUT2D eigenvalue weighted by molar-refractivity contribution is 6.31. The summed E-state index contributed by atoms with van der Waals surface area (Å²) in [5.41, 5.74) is 0.855. The Morgan fingerprint density at radius 1 is 1.29 bits per heavy atom. The average molecular weight is 229 g/mol. The van der Waals surface area contributed by atoms with Gasteiger partial charge in [-0.3, -0.25) is 0 Å². The summed E-state index contributed by atoms with van der Waals surface area (Å²) in [6.07, 6.45) is 0. The number of halogens is 2. The highest BCUT2D eigenvalue weighted by atomic mass is 35.5. The van der Waals surface area contributed by atoms with Crippen LogP contribution < -0.4 is 5.63 Å². The van der Waals surface area contributed by atoms with Gasteiger partial charge in [0.2, 0.25) is 0 Å². The Bertz CT molecular complexity index is 531. The summed E-state index contributed by atoms with van der Waals surface area (Å²) >= 11 is 11.5. The molecule has 2 rings (SSSR count). The lowest BCUT2D eigenvalue weighted by Crippen LogP contribution is -1.98. The van der Waals surface area contributed by atoms with Gasteiger partial charge in [0.25, 0.3) is 0 Å². The van der Waals surface area contributed by atoms with E-state index in [-0.39, 0.29) is 5.88 Å². The van der Waals surface area contributed by atoms with Crippen LogP contribution in [0.2, 0.25) is 5.02 Å². The van der Waals surface area contributed by atoms with Gasteiger partial charge < -0.3 is 4.42 Å². The molecule has 0 fully saturated rings. The van der Waals surface area contributed by atoms with Gasteiger partial charge in [0.05, 0.1) is 0 Å². The SMILES string of the molecule is O=c1cc(CCl)c2cc(Cl)ccc2o1. The largest absolute Gasteiger partial charge is 0.423 e. The minimum Gasteiger partial charge on any atom is -0.423 e. The molecule has 0 aliphatic carbocycles. The summed E-state index contributed by atoms with van der Waals surface area (Å²) < 4.78 is 4.99. The predicted octanol–water partition coefficient (Wildman–Crippen LogP) is 3.19. The van der Waals surface area contributed by atoms with E-state index in [2.05, 4.69) is 0 Å². The van der Waals surface area contributed by atoms with E-state index in [1.165, 1.54) is 6.07 Å². The van der Waals surface area contributed by atoms with Crippen LogP contribution in [0.4, 0.5) is 0 Å². The maximum Gasteiger partial charge on any atom is 0.336 e. The van der Waals surface area contributed by atoms with E-state index in [4.69, 9.17) is 27.6 Å². The Kier molecular flexibility index (Phi) is 2.48. The standard InChI is InChI=1S/C10H6Cl2O2/c11-5-6-3-10(13)14-9-2-1-7(12)4-8(6)9/h1-4H,5H2. The van der Waals surface area contributed by atoms with Crippen molar-refractivity contribution in [2.45, 2.75) is 5.88 Å². The molecule has 0 bridgehead atoms. The van der Waals surface area contributed by atoms with Crippen molar-refractivity contribution in [3.8, 4) is 0 Å². The third-order valence-corrected chi connectivity index (χ3v) is 2.46. The third-order valence-electron chi connectivity index (χ3n) is 1.93. The fourth-order valence-corrected chi connectivity index (χ4v) is 1.70. The molecule has 4 heteroatoms. The molecule has 2 aromatic rings. The van der Waals surface area contributed by atoms with Crippen LogP contribution in [0.1, 0.15) is 5.56 Å². The maximum absolute atomic E-state index is 11.1. The molecule has 1 heterocycles. The van der Waals surface area contributed by atoms with E-state index in [0.717, 1.165) is 10.9 Å². The molecule has 0 aliphatic heterocycles. The van der Waals surface area contributed by atoms with Crippen LogP contribution in [0.25, 0.3) is 11.0 Å². The summed E-state index contributed by atoms with van der Waals surface area (Å²) in [7, 11) is 0. The van der Waals surface area contributed by atoms with Crippen molar-refractivity contribution >= 4 is 34.2 Å². The lowest BCUT2D eigenvalue weighted by atomic mass is 10.1. The van der Waals surface area contributed by atoms with Crippen LogP contribution in [0.15, 0.2) is 33.5 Å². The van der Waals surface area contributed by atoms with Crippen molar-refractivity contribution in [2.75, 3.05) is 0 Å². The summed E-state index contributed by atoms with van der Waals surface area (Å²) in [5, 5.41) is 1.38. The quantitative estimate of drug-likeness (QED) is 0.555. The van der Waals surface area contributed by atoms with Crippen molar-refractivity contribution in [2.24, 2.45) is 0 Å². The number of fused-ring (bicyclic) bond motifs is 1. The number of rotatable bonds is 1. The van der Waals surface area contributed by atoms with Crippen molar-refractivity contribution in [3.63, 3.8) is 0 Å².